The Morgan fingerprint density at radius 2 is 0.845 bits per heavy atom. The third-order valence-corrected chi connectivity index (χ3v) is 12.9. The third kappa shape index (κ3) is 54.5. The molecule has 0 aromatic rings. The number of quaternary nitrogens is 1. The minimum absolute atomic E-state index is 0.0480. The van der Waals surface area contributed by atoms with Gasteiger partial charge in [-0.25, -0.2) is 4.57 Å². The maximum Gasteiger partial charge on any atom is 0.472 e. The molecule has 0 rings (SSSR count). The van der Waals surface area contributed by atoms with Gasteiger partial charge in [0.15, 0.2) is 0 Å². The van der Waals surface area contributed by atoms with Crippen LogP contribution in [0.25, 0.3) is 0 Å². The zero-order chi connectivity index (χ0) is 52.0. The first-order valence-electron chi connectivity index (χ1n) is 28.4. The zero-order valence-electron chi connectivity index (χ0n) is 46.2. The quantitative estimate of drug-likeness (QED) is 0.0243. The molecule has 0 aromatic heterocycles. The van der Waals surface area contributed by atoms with Gasteiger partial charge in [-0.15, -0.1) is 0 Å². The molecule has 406 valence electrons. The highest BCUT2D eigenvalue weighted by atomic mass is 31.2. The van der Waals surface area contributed by atoms with Crippen LogP contribution in [0.2, 0.25) is 0 Å². The summed E-state index contributed by atoms with van der Waals surface area (Å²) in [5.74, 6) is -0.213. The van der Waals surface area contributed by atoms with Crippen molar-refractivity contribution in [2.24, 2.45) is 0 Å². The number of hydrogen-bond acceptors (Lipinski definition) is 5. The van der Waals surface area contributed by atoms with E-state index in [4.69, 9.17) is 9.05 Å². The van der Waals surface area contributed by atoms with Gasteiger partial charge >= 0.3 is 7.82 Å². The molecule has 0 saturated heterocycles. The average Bonchev–Trinajstić information content (AvgIpc) is 3.33. The first kappa shape index (κ1) is 67.9. The van der Waals surface area contributed by atoms with Crippen LogP contribution < -0.4 is 5.32 Å². The smallest absolute Gasteiger partial charge is 0.387 e. The minimum Gasteiger partial charge on any atom is -0.387 e. The highest BCUT2D eigenvalue weighted by Gasteiger charge is 2.27. The van der Waals surface area contributed by atoms with Crippen LogP contribution in [-0.4, -0.2) is 73.4 Å². The number of aliphatic hydroxyl groups is 1. The lowest BCUT2D eigenvalue weighted by atomic mass is 10.0. The van der Waals surface area contributed by atoms with Crippen LogP contribution in [0, 0.1) is 0 Å². The summed E-state index contributed by atoms with van der Waals surface area (Å²) in [4.78, 5) is 23.3. The van der Waals surface area contributed by atoms with E-state index in [1.54, 1.807) is 6.08 Å². The maximum absolute atomic E-state index is 13.0. The summed E-state index contributed by atoms with van der Waals surface area (Å²) >= 11 is 0. The van der Waals surface area contributed by atoms with Gasteiger partial charge in [0.1, 0.15) is 13.2 Å². The fourth-order valence-corrected chi connectivity index (χ4v) is 8.24. The number of carbonyl (C=O) groups is 1. The second-order valence-electron chi connectivity index (χ2n) is 19.9. The van der Waals surface area contributed by atoms with Crippen molar-refractivity contribution < 1.29 is 32.9 Å². The SMILES string of the molecule is CC/C=C\C/C=C\C/C=C\C/C=C\C/C=C\C/C=C\C/C=C\C/C=C\C/C=C\CCCCCC(=O)NC(COP(=O)(O)OCC[N+](C)(C)C)C(O)/C=C/CCCCCCCCCCCCCCCCCC. The van der Waals surface area contributed by atoms with Gasteiger partial charge in [-0.3, -0.25) is 13.8 Å². The molecule has 3 unspecified atom stereocenters. The molecule has 0 aliphatic rings. The summed E-state index contributed by atoms with van der Waals surface area (Å²) in [5.41, 5.74) is 0. The van der Waals surface area contributed by atoms with Crippen LogP contribution in [0.5, 0.6) is 0 Å². The van der Waals surface area contributed by atoms with E-state index in [1.165, 1.54) is 89.9 Å². The Morgan fingerprint density at radius 3 is 1.24 bits per heavy atom. The summed E-state index contributed by atoms with van der Waals surface area (Å²) in [6.45, 7) is 4.67. The largest absolute Gasteiger partial charge is 0.472 e. The normalized spacial score (nSPS) is 14.9. The van der Waals surface area contributed by atoms with Gasteiger partial charge in [-0.1, -0.05) is 238 Å². The van der Waals surface area contributed by atoms with E-state index in [2.05, 4.69) is 129 Å². The third-order valence-electron chi connectivity index (χ3n) is 11.9. The van der Waals surface area contributed by atoms with Crippen molar-refractivity contribution in [2.75, 3.05) is 40.9 Å². The van der Waals surface area contributed by atoms with Crippen LogP contribution in [0.4, 0.5) is 0 Å². The van der Waals surface area contributed by atoms with Crippen molar-refractivity contribution in [3.8, 4) is 0 Å². The molecule has 3 N–H and O–H groups in total. The van der Waals surface area contributed by atoms with Crippen LogP contribution in [0.15, 0.2) is 122 Å². The van der Waals surface area contributed by atoms with E-state index in [0.29, 0.717) is 17.4 Å². The molecule has 1 amide bonds. The minimum atomic E-state index is -4.36. The molecule has 0 radical (unpaired) electrons. The van der Waals surface area contributed by atoms with Gasteiger partial charge in [-0.05, 0) is 89.9 Å². The number of phosphoric acid groups is 1. The van der Waals surface area contributed by atoms with Crippen molar-refractivity contribution in [3.63, 3.8) is 0 Å². The molecule has 0 fully saturated rings. The number of carbonyl (C=O) groups excluding carboxylic acids is 1. The number of amides is 1. The van der Waals surface area contributed by atoms with Crippen LogP contribution >= 0.6 is 7.82 Å². The number of rotatable bonds is 50. The Kier molecular flexibility index (Phi) is 49.5. The number of unbranched alkanes of at least 4 members (excludes halogenated alkanes) is 19. The van der Waals surface area contributed by atoms with Crippen molar-refractivity contribution in [1.29, 1.82) is 0 Å². The van der Waals surface area contributed by atoms with E-state index < -0.39 is 20.0 Å². The molecule has 3 atom stereocenters. The van der Waals surface area contributed by atoms with E-state index in [0.717, 1.165) is 103 Å². The number of allylic oxidation sites excluding steroid dienone is 19. The number of nitrogens with one attached hydrogen (secondary N) is 1. The summed E-state index contributed by atoms with van der Waals surface area (Å²) in [5, 5.41) is 13.9. The molecule has 0 bridgehead atoms. The van der Waals surface area contributed by atoms with Crippen LogP contribution in [0.1, 0.15) is 213 Å². The second kappa shape index (κ2) is 51.8. The Hall–Kier alpha value is -3.10. The van der Waals surface area contributed by atoms with Crippen molar-refractivity contribution in [1.82, 2.24) is 5.32 Å². The number of hydrogen-bond donors (Lipinski definition) is 3. The lowest BCUT2D eigenvalue weighted by Gasteiger charge is -2.25. The van der Waals surface area contributed by atoms with E-state index in [1.807, 2.05) is 27.2 Å². The van der Waals surface area contributed by atoms with Gasteiger partial charge in [-0.2, -0.15) is 0 Å². The predicted octanol–water partition coefficient (Wildman–Crippen LogP) is 17.4. The number of phosphoric ester groups is 1. The number of aliphatic hydroxyl groups excluding tert-OH is 1. The molecule has 0 aromatic carbocycles. The van der Waals surface area contributed by atoms with Gasteiger partial charge in [0, 0.05) is 6.42 Å². The van der Waals surface area contributed by atoms with Gasteiger partial charge in [0.05, 0.1) is 39.9 Å². The molecular weight excluding hydrogens is 900 g/mol. The Morgan fingerprint density at radius 1 is 0.493 bits per heavy atom. The monoisotopic (exact) mass is 1010 g/mol. The van der Waals surface area contributed by atoms with E-state index in [-0.39, 0.29) is 19.1 Å². The molecule has 71 heavy (non-hydrogen) atoms. The summed E-state index contributed by atoms with van der Waals surface area (Å²) in [6, 6.07) is -0.874. The Bertz CT molecular complexity index is 1560. The molecule has 0 heterocycles. The van der Waals surface area contributed by atoms with Crippen LogP contribution in [0.3, 0.4) is 0 Å². The van der Waals surface area contributed by atoms with Crippen LogP contribution in [-0.2, 0) is 18.4 Å². The fourth-order valence-electron chi connectivity index (χ4n) is 7.50. The fraction of sp³-hybridized carbons (Fsp3) is 0.661. The lowest BCUT2D eigenvalue weighted by Crippen LogP contribution is -2.45. The zero-order valence-corrected chi connectivity index (χ0v) is 47.1. The van der Waals surface area contributed by atoms with Gasteiger partial charge in [0.2, 0.25) is 5.91 Å². The molecule has 0 aliphatic heterocycles. The topological polar surface area (TPSA) is 105 Å². The van der Waals surface area contributed by atoms with E-state index >= 15 is 0 Å². The maximum atomic E-state index is 13.0. The molecule has 0 spiro atoms. The average molecular weight is 1010 g/mol. The standard InChI is InChI=1S/C62H107N2O6P/c1-6-8-10-12-14-16-18-20-22-24-26-27-28-29-30-31-32-33-34-35-36-37-38-40-42-44-46-48-50-52-54-56-62(66)63-60(59-70-71(67,68)69-58-57-64(3,4)5)61(65)55-53-51-49-47-45-43-41-39-25-23-21-19-17-15-13-11-9-7-2/h8,10,14,16,20,22,26-27,29-30,32-33,35-36,38,40,44,46,53,55,60-61,65H,6-7,9,11-13,15,17-19,21,23-25,28,31,34,37,39,41-43,45,47-52,54,56-59H2,1-5H3,(H-,63,66,67,68)/p+1/b10-8-,16-14-,22-20-,27-26-,30-29-,33-32-,36-35-,40-38-,46-44-,55-53+. The predicted molar refractivity (Wildman–Crippen MR) is 308 cm³/mol. The molecule has 9 heteroatoms. The highest BCUT2D eigenvalue weighted by Crippen LogP contribution is 2.43. The Balaban J connectivity index is 4.35. The van der Waals surface area contributed by atoms with Gasteiger partial charge in [0.25, 0.3) is 0 Å². The molecule has 8 nitrogen and oxygen atoms in total. The molecule has 0 saturated carbocycles. The molecule has 0 aliphatic carbocycles. The lowest BCUT2D eigenvalue weighted by molar-refractivity contribution is -0.870. The first-order chi connectivity index (χ1) is 34.5. The highest BCUT2D eigenvalue weighted by molar-refractivity contribution is 7.47. The molecular formula is C62H108N2O6P+. The second-order valence-corrected chi connectivity index (χ2v) is 21.4. The first-order valence-corrected chi connectivity index (χ1v) is 29.9. The summed E-state index contributed by atoms with van der Waals surface area (Å²) < 4.78 is 23.7. The van der Waals surface area contributed by atoms with E-state index in [9.17, 15) is 19.4 Å². The van der Waals surface area contributed by atoms with Crippen molar-refractivity contribution >= 4 is 13.7 Å². The van der Waals surface area contributed by atoms with Crippen molar-refractivity contribution in [2.45, 2.75) is 225 Å². The number of nitrogens with zero attached hydrogens (tertiary/aromatic N) is 1. The summed E-state index contributed by atoms with van der Waals surface area (Å²) in [6.07, 6.45) is 77.2. The number of likely N-dealkylation sites (N-methyl/N-ethyl adjacent to an activating group) is 1. The van der Waals surface area contributed by atoms with Crippen molar-refractivity contribution in [3.05, 3.63) is 122 Å². The summed E-state index contributed by atoms with van der Waals surface area (Å²) in [7, 11) is 1.53. The van der Waals surface area contributed by atoms with Gasteiger partial charge < -0.3 is 19.8 Å². The Labute approximate surface area is 437 Å².